The van der Waals surface area contributed by atoms with E-state index in [9.17, 15) is 0 Å². The molecule has 0 saturated carbocycles. The second kappa shape index (κ2) is 17.2. The zero-order valence-electron chi connectivity index (χ0n) is 1.24. The van der Waals surface area contributed by atoms with E-state index in [1.165, 1.54) is 0 Å². The van der Waals surface area contributed by atoms with Gasteiger partial charge in [0.25, 0.3) is 0 Å². The van der Waals surface area contributed by atoms with Crippen molar-refractivity contribution in [2.75, 3.05) is 0 Å². The van der Waals surface area contributed by atoms with E-state index in [0.29, 0.717) is 0 Å². The van der Waals surface area contributed by atoms with Crippen LogP contribution in [0.25, 0.3) is 0 Å². The van der Waals surface area contributed by atoms with E-state index in [-0.39, 0.29) is 86.8 Å². The summed E-state index contributed by atoms with van der Waals surface area (Å²) in [5, 5.41) is 0. The first-order valence-corrected chi connectivity index (χ1v) is 0. The molecule has 0 bridgehead atoms. The third-order valence-corrected chi connectivity index (χ3v) is 0. The Balaban J connectivity index is 0. The minimum Gasteiger partial charge on any atom is 0 e. The van der Waals surface area contributed by atoms with Gasteiger partial charge in [0.2, 0.25) is 0 Å². The van der Waals surface area contributed by atoms with E-state index >= 15 is 0 Å². The molecular formula is ErNi3. The first-order valence-electron chi connectivity index (χ1n) is 0. The maximum atomic E-state index is 0. The minimum atomic E-state index is 0. The van der Waals surface area contributed by atoms with Crippen molar-refractivity contribution < 1.29 is 86.8 Å². The molecule has 42 valence electrons. The van der Waals surface area contributed by atoms with Crippen LogP contribution in [0.5, 0.6) is 0 Å². The molecule has 0 rings (SSSR count). The van der Waals surface area contributed by atoms with Gasteiger partial charge in [-0.2, -0.15) is 0 Å². The quantitative estimate of drug-likeness (QED) is 0.543. The monoisotopic (exact) mass is 340 g/mol. The molecule has 0 aliphatic rings. The number of hydrogen-bond acceptors (Lipinski definition) is 0. The van der Waals surface area contributed by atoms with Crippen molar-refractivity contribution in [3.8, 4) is 0 Å². The Morgan fingerprint density at radius 1 is 0.500 bits per heavy atom. The van der Waals surface area contributed by atoms with Crippen molar-refractivity contribution >= 4 is 0 Å². The van der Waals surface area contributed by atoms with Gasteiger partial charge in [-0.05, 0) is 0 Å². The van der Waals surface area contributed by atoms with Crippen LogP contribution >= 0.6 is 0 Å². The van der Waals surface area contributed by atoms with E-state index in [1.807, 2.05) is 0 Å². The van der Waals surface area contributed by atoms with E-state index in [0.717, 1.165) is 0 Å². The van der Waals surface area contributed by atoms with Crippen LogP contribution in [0, 0.1) is 37.3 Å². The van der Waals surface area contributed by atoms with Crippen molar-refractivity contribution in [1.29, 1.82) is 0 Å². The van der Waals surface area contributed by atoms with Gasteiger partial charge in [0.1, 0.15) is 0 Å². The molecule has 0 fully saturated rings. The van der Waals surface area contributed by atoms with Gasteiger partial charge in [-0.15, -0.1) is 0 Å². The fourth-order valence-electron chi connectivity index (χ4n) is 0. The summed E-state index contributed by atoms with van der Waals surface area (Å²) in [5.74, 6) is 0. The summed E-state index contributed by atoms with van der Waals surface area (Å²) < 4.78 is 0. The van der Waals surface area contributed by atoms with Crippen molar-refractivity contribution in [2.45, 2.75) is 0 Å². The van der Waals surface area contributed by atoms with Crippen molar-refractivity contribution in [3.63, 3.8) is 0 Å². The first-order chi connectivity index (χ1) is 0. The SMILES string of the molecule is [Er].[Ni].[Ni].[Ni]. The Morgan fingerprint density at radius 2 is 0.500 bits per heavy atom. The van der Waals surface area contributed by atoms with Gasteiger partial charge in [0, 0.05) is 86.8 Å². The van der Waals surface area contributed by atoms with Gasteiger partial charge in [-0.1, -0.05) is 0 Å². The average Bonchev–Trinajstić information content (AvgIpc) is 0. The number of rotatable bonds is 0. The molecule has 0 unspecified atom stereocenters. The third-order valence-electron chi connectivity index (χ3n) is 0. The van der Waals surface area contributed by atoms with Crippen LogP contribution in [0.15, 0.2) is 0 Å². The average molecular weight is 343 g/mol. The summed E-state index contributed by atoms with van der Waals surface area (Å²) in [6, 6.07) is 0. The third kappa shape index (κ3) is 8.83. The van der Waals surface area contributed by atoms with Gasteiger partial charge < -0.3 is 0 Å². The molecule has 4 heavy (non-hydrogen) atoms. The van der Waals surface area contributed by atoms with E-state index in [4.69, 9.17) is 0 Å². The van der Waals surface area contributed by atoms with Crippen molar-refractivity contribution in [2.24, 2.45) is 0 Å². The van der Waals surface area contributed by atoms with Crippen LogP contribution in [0.3, 0.4) is 0 Å². The normalized spacial score (nSPS) is 0. The molecule has 0 aromatic rings. The summed E-state index contributed by atoms with van der Waals surface area (Å²) in [5.41, 5.74) is 0. The van der Waals surface area contributed by atoms with Crippen LogP contribution in [0.2, 0.25) is 0 Å². The predicted molar refractivity (Wildman–Crippen MR) is 0 cm³/mol. The van der Waals surface area contributed by atoms with Gasteiger partial charge >= 0.3 is 0 Å². The smallest absolute Gasteiger partial charge is 0 e. The second-order valence-corrected chi connectivity index (χ2v) is 0. The molecule has 0 saturated heterocycles. The van der Waals surface area contributed by atoms with E-state index in [1.54, 1.807) is 0 Å². The Labute approximate surface area is 85.2 Å². The van der Waals surface area contributed by atoms with Crippen molar-refractivity contribution in [3.05, 3.63) is 0 Å². The van der Waals surface area contributed by atoms with Crippen molar-refractivity contribution in [1.82, 2.24) is 0 Å². The Kier molecular flexibility index (Phi) is 128. The topological polar surface area (TPSA) is 0 Å². The Hall–Kier alpha value is 2.73. The molecule has 4 heteroatoms. The molecule has 0 spiro atoms. The molecule has 0 aromatic heterocycles. The molecular weight excluding hydrogens is 343 g/mol. The standard InChI is InChI=1S/Er.3Ni. The molecule has 0 aliphatic carbocycles. The summed E-state index contributed by atoms with van der Waals surface area (Å²) in [4.78, 5) is 0. The summed E-state index contributed by atoms with van der Waals surface area (Å²) in [6.07, 6.45) is 0. The van der Waals surface area contributed by atoms with Crippen LogP contribution in [0.1, 0.15) is 0 Å². The second-order valence-electron chi connectivity index (χ2n) is 0. The van der Waals surface area contributed by atoms with Crippen LogP contribution < -0.4 is 0 Å². The molecule has 0 aromatic carbocycles. The molecule has 0 N–H and O–H groups in total. The summed E-state index contributed by atoms with van der Waals surface area (Å²) in [6.45, 7) is 0. The molecule has 0 atom stereocenters. The number of hydrogen-bond donors (Lipinski definition) is 0. The van der Waals surface area contributed by atoms with E-state index in [2.05, 4.69) is 0 Å². The van der Waals surface area contributed by atoms with Gasteiger partial charge in [0.05, 0.1) is 0 Å². The minimum absolute atomic E-state index is 0. The zero-order chi connectivity index (χ0) is 0. The predicted octanol–water partition coefficient (Wildman–Crippen LogP) is -0.00750. The molecule has 0 aliphatic heterocycles. The molecule has 0 heterocycles. The van der Waals surface area contributed by atoms with Gasteiger partial charge in [0.15, 0.2) is 0 Å². The van der Waals surface area contributed by atoms with Gasteiger partial charge in [-0.25, -0.2) is 0 Å². The van der Waals surface area contributed by atoms with Crippen LogP contribution in [0.4, 0.5) is 0 Å². The maximum Gasteiger partial charge on any atom is 0 e. The van der Waals surface area contributed by atoms with Crippen LogP contribution in [-0.4, -0.2) is 0 Å². The largest absolute Gasteiger partial charge is 0 e. The Morgan fingerprint density at radius 3 is 0.500 bits per heavy atom. The van der Waals surface area contributed by atoms with Gasteiger partial charge in [-0.3, -0.25) is 0 Å². The zero-order valence-corrected chi connectivity index (χ0v) is 6.05. The van der Waals surface area contributed by atoms with E-state index < -0.39 is 0 Å². The van der Waals surface area contributed by atoms with Crippen LogP contribution in [-0.2, 0) is 49.5 Å². The first kappa shape index (κ1) is 29.7. The summed E-state index contributed by atoms with van der Waals surface area (Å²) >= 11 is 0. The fraction of sp³-hybridized carbons (Fsp3) is 0. The molecule has 0 amide bonds. The fourth-order valence-corrected chi connectivity index (χ4v) is 0. The summed E-state index contributed by atoms with van der Waals surface area (Å²) in [7, 11) is 0. The molecule has 0 radical (unpaired) electrons. The molecule has 0 nitrogen and oxygen atoms in total. The Bertz CT molecular complexity index is 3.25. The maximum absolute atomic E-state index is 0.